The predicted octanol–water partition coefficient (Wildman–Crippen LogP) is 5.92. The summed E-state index contributed by atoms with van der Waals surface area (Å²) in [5.74, 6) is 0.884. The average molecular weight is 358 g/mol. The molecule has 0 bridgehead atoms. The van der Waals surface area contributed by atoms with Crippen LogP contribution in [0, 0.1) is 30.6 Å². The first kappa shape index (κ1) is 16.5. The van der Waals surface area contributed by atoms with E-state index < -0.39 is 0 Å². The van der Waals surface area contributed by atoms with Crippen LogP contribution < -0.4 is 0 Å². The van der Waals surface area contributed by atoms with Crippen LogP contribution in [0.25, 0.3) is 0 Å². The smallest absolute Gasteiger partial charge is 0.0936 e. The number of nitrogens with zero attached hydrogens (tertiary/aromatic N) is 1. The normalized spacial score (nSPS) is 27.8. The molecule has 1 aliphatic carbocycles. The van der Waals surface area contributed by atoms with Gasteiger partial charge in [-0.25, -0.2) is 4.98 Å². The maximum atomic E-state index is 4.76. The Bertz CT molecular complexity index is 431. The Morgan fingerprint density at radius 3 is 2.25 bits per heavy atom. The van der Waals surface area contributed by atoms with Crippen LogP contribution in [0.5, 0.6) is 0 Å². The minimum Gasteiger partial charge on any atom is -0.246 e. The third-order valence-corrected chi connectivity index (χ3v) is 7.42. The van der Waals surface area contributed by atoms with Gasteiger partial charge < -0.3 is 0 Å². The van der Waals surface area contributed by atoms with Gasteiger partial charge in [0, 0.05) is 16.6 Å². The standard InChI is InChI=1S/C17H28BrNS/c1-12-13(2)20-15(19-12)10-17(11-18)8-6-14(7-9-17)16(3,4)5/h14H,6-11H2,1-5H3. The van der Waals surface area contributed by atoms with Crippen molar-refractivity contribution in [2.75, 3.05) is 5.33 Å². The van der Waals surface area contributed by atoms with Crippen LogP contribution in [-0.4, -0.2) is 10.3 Å². The molecule has 1 aromatic rings. The molecule has 1 heterocycles. The van der Waals surface area contributed by atoms with E-state index in [1.54, 1.807) is 0 Å². The van der Waals surface area contributed by atoms with Gasteiger partial charge in [-0.2, -0.15) is 0 Å². The van der Waals surface area contributed by atoms with Gasteiger partial charge in [-0.3, -0.25) is 0 Å². The summed E-state index contributed by atoms with van der Waals surface area (Å²) in [5.41, 5.74) is 2.13. The molecule has 1 aromatic heterocycles. The predicted molar refractivity (Wildman–Crippen MR) is 92.9 cm³/mol. The van der Waals surface area contributed by atoms with Crippen molar-refractivity contribution in [1.29, 1.82) is 0 Å². The monoisotopic (exact) mass is 357 g/mol. The van der Waals surface area contributed by atoms with Crippen LogP contribution in [-0.2, 0) is 6.42 Å². The lowest BCUT2D eigenvalue weighted by molar-refractivity contribution is 0.103. The molecule has 2 rings (SSSR count). The van der Waals surface area contributed by atoms with Gasteiger partial charge in [0.15, 0.2) is 0 Å². The van der Waals surface area contributed by atoms with E-state index >= 15 is 0 Å². The molecule has 0 unspecified atom stereocenters. The molecule has 3 heteroatoms. The van der Waals surface area contributed by atoms with Gasteiger partial charge >= 0.3 is 0 Å². The maximum Gasteiger partial charge on any atom is 0.0936 e. The highest BCUT2D eigenvalue weighted by atomic mass is 79.9. The van der Waals surface area contributed by atoms with Crippen LogP contribution in [0.3, 0.4) is 0 Å². The molecule has 1 saturated carbocycles. The fourth-order valence-electron chi connectivity index (χ4n) is 3.39. The van der Waals surface area contributed by atoms with Crippen LogP contribution >= 0.6 is 27.3 Å². The van der Waals surface area contributed by atoms with Crippen molar-refractivity contribution < 1.29 is 0 Å². The number of halogens is 1. The Morgan fingerprint density at radius 2 is 1.85 bits per heavy atom. The first-order chi connectivity index (χ1) is 9.26. The molecular weight excluding hydrogens is 330 g/mol. The van der Waals surface area contributed by atoms with E-state index in [0.717, 1.165) is 17.7 Å². The Morgan fingerprint density at radius 1 is 1.25 bits per heavy atom. The molecule has 0 aliphatic heterocycles. The van der Waals surface area contributed by atoms with Crippen LogP contribution in [0.15, 0.2) is 0 Å². The minimum absolute atomic E-state index is 0.443. The summed E-state index contributed by atoms with van der Waals surface area (Å²) in [4.78, 5) is 6.15. The van der Waals surface area contributed by atoms with Gasteiger partial charge in [-0.05, 0) is 56.3 Å². The fourth-order valence-corrected chi connectivity index (χ4v) is 5.26. The van der Waals surface area contributed by atoms with Crippen molar-refractivity contribution in [2.45, 2.75) is 66.7 Å². The third-order valence-electron chi connectivity index (χ3n) is 5.15. The van der Waals surface area contributed by atoms with E-state index in [1.165, 1.54) is 41.3 Å². The second-order valence-corrected chi connectivity index (χ2v) is 9.55. The number of hydrogen-bond donors (Lipinski definition) is 0. The van der Waals surface area contributed by atoms with Crippen LogP contribution in [0.1, 0.15) is 62.0 Å². The van der Waals surface area contributed by atoms with E-state index in [-0.39, 0.29) is 0 Å². The molecule has 0 amide bonds. The van der Waals surface area contributed by atoms with Crippen LogP contribution in [0.4, 0.5) is 0 Å². The molecule has 20 heavy (non-hydrogen) atoms. The number of rotatable bonds is 3. The van der Waals surface area contributed by atoms with Crippen LogP contribution in [0.2, 0.25) is 0 Å². The van der Waals surface area contributed by atoms with E-state index in [0.29, 0.717) is 10.8 Å². The Labute approximate surface area is 136 Å². The van der Waals surface area contributed by atoms with E-state index in [9.17, 15) is 0 Å². The average Bonchev–Trinajstić information content (AvgIpc) is 2.67. The van der Waals surface area contributed by atoms with Crippen molar-refractivity contribution in [1.82, 2.24) is 4.98 Å². The van der Waals surface area contributed by atoms with E-state index in [4.69, 9.17) is 4.98 Å². The zero-order valence-corrected chi connectivity index (χ0v) is 16.0. The third kappa shape index (κ3) is 3.65. The van der Waals surface area contributed by atoms with Crippen molar-refractivity contribution in [3.8, 4) is 0 Å². The molecule has 0 aromatic carbocycles. The van der Waals surface area contributed by atoms with Crippen molar-refractivity contribution >= 4 is 27.3 Å². The number of aromatic nitrogens is 1. The summed E-state index contributed by atoms with van der Waals surface area (Å²) in [7, 11) is 0. The summed E-state index contributed by atoms with van der Waals surface area (Å²) in [6.07, 6.45) is 6.60. The molecule has 0 atom stereocenters. The summed E-state index contributed by atoms with van der Waals surface area (Å²) in [6, 6.07) is 0. The molecule has 0 spiro atoms. The highest BCUT2D eigenvalue weighted by molar-refractivity contribution is 9.09. The van der Waals surface area contributed by atoms with Crippen molar-refractivity contribution in [3.05, 3.63) is 15.6 Å². The quantitative estimate of drug-likeness (QED) is 0.611. The van der Waals surface area contributed by atoms with Crippen molar-refractivity contribution in [2.24, 2.45) is 16.7 Å². The molecule has 0 radical (unpaired) electrons. The maximum absolute atomic E-state index is 4.76. The number of aryl methyl sites for hydroxylation is 2. The Hall–Kier alpha value is 0.110. The molecular formula is C17H28BrNS. The summed E-state index contributed by atoms with van der Waals surface area (Å²) >= 11 is 5.69. The number of hydrogen-bond acceptors (Lipinski definition) is 2. The second kappa shape index (κ2) is 6.08. The summed E-state index contributed by atoms with van der Waals surface area (Å²) < 4.78 is 0. The SMILES string of the molecule is Cc1nc(CC2(CBr)CCC(C(C)(C)C)CC2)sc1C. The Kier molecular flexibility index (Phi) is 5.01. The van der Waals surface area contributed by atoms with Gasteiger partial charge in [0.1, 0.15) is 0 Å². The number of alkyl halides is 1. The fraction of sp³-hybridized carbons (Fsp3) is 0.824. The molecule has 1 nitrogen and oxygen atoms in total. The molecule has 0 saturated heterocycles. The van der Waals surface area contributed by atoms with E-state index in [1.807, 2.05) is 11.3 Å². The largest absolute Gasteiger partial charge is 0.246 e. The first-order valence-corrected chi connectivity index (χ1v) is 9.68. The van der Waals surface area contributed by atoms with Gasteiger partial charge in [0.05, 0.1) is 10.7 Å². The highest BCUT2D eigenvalue weighted by Crippen LogP contribution is 2.48. The lowest BCUT2D eigenvalue weighted by atomic mass is 9.64. The van der Waals surface area contributed by atoms with E-state index in [2.05, 4.69) is 50.5 Å². The minimum atomic E-state index is 0.443. The van der Waals surface area contributed by atoms with Crippen molar-refractivity contribution in [3.63, 3.8) is 0 Å². The zero-order chi connectivity index (χ0) is 15.0. The Balaban J connectivity index is 2.05. The highest BCUT2D eigenvalue weighted by Gasteiger charge is 2.38. The number of thiazole rings is 1. The first-order valence-electron chi connectivity index (χ1n) is 7.75. The summed E-state index contributed by atoms with van der Waals surface area (Å²) in [6.45, 7) is 11.5. The molecule has 114 valence electrons. The summed E-state index contributed by atoms with van der Waals surface area (Å²) in [5, 5.41) is 2.46. The van der Waals surface area contributed by atoms with Gasteiger partial charge in [-0.1, -0.05) is 36.7 Å². The molecule has 0 N–H and O–H groups in total. The van der Waals surface area contributed by atoms with Gasteiger partial charge in [-0.15, -0.1) is 11.3 Å². The van der Waals surface area contributed by atoms with Gasteiger partial charge in [0.2, 0.25) is 0 Å². The lowest BCUT2D eigenvalue weighted by Crippen LogP contribution is -2.35. The van der Waals surface area contributed by atoms with Gasteiger partial charge in [0.25, 0.3) is 0 Å². The second-order valence-electron chi connectivity index (χ2n) is 7.70. The molecule has 1 aliphatic rings. The topological polar surface area (TPSA) is 12.9 Å². The zero-order valence-electron chi connectivity index (χ0n) is 13.6. The lowest BCUT2D eigenvalue weighted by Gasteiger charge is -2.43. The molecule has 1 fully saturated rings.